The number of nitrogens with one attached hydrogen (secondary N) is 1. The van der Waals surface area contributed by atoms with E-state index in [1.807, 2.05) is 0 Å². The summed E-state index contributed by atoms with van der Waals surface area (Å²) in [5.41, 5.74) is 0.718. The molecule has 2 rings (SSSR count). The van der Waals surface area contributed by atoms with Crippen LogP contribution >= 0.6 is 11.6 Å². The van der Waals surface area contributed by atoms with Gasteiger partial charge in [-0.05, 0) is 48.9 Å². The van der Waals surface area contributed by atoms with Crippen LogP contribution < -0.4 is 5.32 Å². The number of aromatic carboxylic acids is 1. The van der Waals surface area contributed by atoms with Crippen molar-refractivity contribution in [3.63, 3.8) is 0 Å². The van der Waals surface area contributed by atoms with Crippen LogP contribution in [0, 0.1) is 12.7 Å². The lowest BCUT2D eigenvalue weighted by Gasteiger charge is -2.10. The van der Waals surface area contributed by atoms with Crippen molar-refractivity contribution < 1.29 is 19.1 Å². The van der Waals surface area contributed by atoms with E-state index in [4.69, 9.17) is 16.7 Å². The number of rotatable bonds is 3. The second kappa shape index (κ2) is 5.93. The van der Waals surface area contributed by atoms with E-state index in [-0.39, 0.29) is 16.8 Å². The van der Waals surface area contributed by atoms with Gasteiger partial charge in [0, 0.05) is 10.6 Å². The number of carbonyl (C=O) groups excluding carboxylic acids is 1. The Morgan fingerprint density at radius 2 is 1.81 bits per heavy atom. The lowest BCUT2D eigenvalue weighted by molar-refractivity contribution is 0.0698. The third-order valence-electron chi connectivity index (χ3n) is 2.89. The van der Waals surface area contributed by atoms with E-state index in [0.717, 1.165) is 6.07 Å². The van der Waals surface area contributed by atoms with Crippen molar-refractivity contribution in [2.45, 2.75) is 6.92 Å². The second-order valence-corrected chi connectivity index (χ2v) is 4.84. The lowest BCUT2D eigenvalue weighted by Crippen LogP contribution is -2.16. The zero-order chi connectivity index (χ0) is 15.6. The van der Waals surface area contributed by atoms with Crippen LogP contribution in [0.4, 0.5) is 10.1 Å². The molecule has 2 aromatic rings. The van der Waals surface area contributed by atoms with Crippen molar-refractivity contribution in [1.82, 2.24) is 0 Å². The van der Waals surface area contributed by atoms with Crippen molar-refractivity contribution >= 4 is 29.2 Å². The van der Waals surface area contributed by atoms with Gasteiger partial charge in [-0.15, -0.1) is 0 Å². The summed E-state index contributed by atoms with van der Waals surface area (Å²) in [5.74, 6) is -2.16. The maximum absolute atomic E-state index is 13.0. The van der Waals surface area contributed by atoms with Crippen LogP contribution in [0.2, 0.25) is 5.02 Å². The molecule has 0 heterocycles. The SMILES string of the molecule is Cc1cc(F)ccc1C(=O)Nc1cc(Cl)ccc1C(=O)O. The number of anilines is 1. The molecule has 21 heavy (non-hydrogen) atoms. The summed E-state index contributed by atoms with van der Waals surface area (Å²) in [4.78, 5) is 23.3. The summed E-state index contributed by atoms with van der Waals surface area (Å²) in [5, 5.41) is 11.9. The van der Waals surface area contributed by atoms with Crippen LogP contribution in [0.25, 0.3) is 0 Å². The average Bonchev–Trinajstić information content (AvgIpc) is 2.37. The molecule has 6 heteroatoms. The summed E-state index contributed by atoms with van der Waals surface area (Å²) in [6, 6.07) is 7.80. The van der Waals surface area contributed by atoms with Gasteiger partial charge in [-0.2, -0.15) is 0 Å². The fourth-order valence-corrected chi connectivity index (χ4v) is 2.05. The average molecular weight is 308 g/mol. The molecule has 2 N–H and O–H groups in total. The van der Waals surface area contributed by atoms with Gasteiger partial charge in [0.15, 0.2) is 0 Å². The molecular formula is C15H11ClFNO3. The van der Waals surface area contributed by atoms with E-state index < -0.39 is 17.7 Å². The minimum atomic E-state index is -1.18. The first-order valence-corrected chi connectivity index (χ1v) is 6.36. The predicted molar refractivity (Wildman–Crippen MR) is 77.5 cm³/mol. The Kier molecular flexibility index (Phi) is 4.23. The third-order valence-corrected chi connectivity index (χ3v) is 3.13. The highest BCUT2D eigenvalue weighted by Crippen LogP contribution is 2.22. The predicted octanol–water partition coefficient (Wildman–Crippen LogP) is 3.74. The van der Waals surface area contributed by atoms with E-state index in [9.17, 15) is 14.0 Å². The fourth-order valence-electron chi connectivity index (χ4n) is 1.88. The number of carboxylic acids is 1. The Balaban J connectivity index is 2.35. The Hall–Kier alpha value is -2.40. The summed E-state index contributed by atoms with van der Waals surface area (Å²) in [6.07, 6.45) is 0. The van der Waals surface area contributed by atoms with E-state index in [0.29, 0.717) is 10.6 Å². The van der Waals surface area contributed by atoms with Crippen LogP contribution in [-0.4, -0.2) is 17.0 Å². The van der Waals surface area contributed by atoms with Crippen LogP contribution in [0.3, 0.4) is 0 Å². The van der Waals surface area contributed by atoms with Crippen LogP contribution in [0.1, 0.15) is 26.3 Å². The van der Waals surface area contributed by atoms with Crippen molar-refractivity contribution in [3.8, 4) is 0 Å². The first kappa shape index (κ1) is 15.0. The molecule has 4 nitrogen and oxygen atoms in total. The quantitative estimate of drug-likeness (QED) is 0.907. The largest absolute Gasteiger partial charge is 0.478 e. The Morgan fingerprint density at radius 1 is 1.14 bits per heavy atom. The van der Waals surface area contributed by atoms with Crippen molar-refractivity contribution in [3.05, 3.63) is 63.9 Å². The van der Waals surface area contributed by atoms with Gasteiger partial charge in [-0.1, -0.05) is 11.6 Å². The number of carbonyl (C=O) groups is 2. The first-order valence-electron chi connectivity index (χ1n) is 5.99. The third kappa shape index (κ3) is 3.38. The van der Waals surface area contributed by atoms with Crippen molar-refractivity contribution in [1.29, 1.82) is 0 Å². The highest BCUT2D eigenvalue weighted by atomic mass is 35.5. The number of carboxylic acid groups (broad SMARTS) is 1. The standard InChI is InChI=1S/C15H11ClFNO3/c1-8-6-10(17)3-5-11(8)14(19)18-13-7-9(16)2-4-12(13)15(20)21/h2-7H,1H3,(H,18,19)(H,20,21). The van der Waals surface area contributed by atoms with Crippen LogP contribution in [0.5, 0.6) is 0 Å². The molecular weight excluding hydrogens is 297 g/mol. The first-order chi connectivity index (χ1) is 9.88. The lowest BCUT2D eigenvalue weighted by atomic mass is 10.1. The Morgan fingerprint density at radius 3 is 2.43 bits per heavy atom. The molecule has 0 aliphatic carbocycles. The zero-order valence-electron chi connectivity index (χ0n) is 11.0. The molecule has 0 saturated carbocycles. The van der Waals surface area contributed by atoms with E-state index in [2.05, 4.69) is 5.32 Å². The van der Waals surface area contributed by atoms with Crippen molar-refractivity contribution in [2.75, 3.05) is 5.32 Å². The zero-order valence-corrected chi connectivity index (χ0v) is 11.7. The van der Waals surface area contributed by atoms with Crippen molar-refractivity contribution in [2.24, 2.45) is 0 Å². The summed E-state index contributed by atoms with van der Waals surface area (Å²) < 4.78 is 13.0. The molecule has 0 fully saturated rings. The van der Waals surface area contributed by atoms with Gasteiger partial charge < -0.3 is 10.4 Å². The molecule has 0 saturated heterocycles. The summed E-state index contributed by atoms with van der Waals surface area (Å²) >= 11 is 5.81. The molecule has 0 radical (unpaired) electrons. The summed E-state index contributed by atoms with van der Waals surface area (Å²) in [7, 11) is 0. The smallest absolute Gasteiger partial charge is 0.337 e. The fraction of sp³-hybridized carbons (Fsp3) is 0.0667. The molecule has 0 spiro atoms. The van der Waals surface area contributed by atoms with Crippen LogP contribution in [0.15, 0.2) is 36.4 Å². The second-order valence-electron chi connectivity index (χ2n) is 4.41. The minimum Gasteiger partial charge on any atom is -0.478 e. The molecule has 0 atom stereocenters. The molecule has 0 aromatic heterocycles. The van der Waals surface area contributed by atoms with Gasteiger partial charge in [0.25, 0.3) is 5.91 Å². The van der Waals surface area contributed by atoms with E-state index >= 15 is 0 Å². The maximum atomic E-state index is 13.0. The van der Waals surface area contributed by atoms with E-state index in [1.165, 1.54) is 30.3 Å². The highest BCUT2D eigenvalue weighted by molar-refractivity contribution is 6.31. The normalized spacial score (nSPS) is 10.2. The molecule has 0 aliphatic rings. The number of aryl methyl sites for hydroxylation is 1. The van der Waals surface area contributed by atoms with Crippen LogP contribution in [-0.2, 0) is 0 Å². The number of hydrogen-bond acceptors (Lipinski definition) is 2. The van der Waals surface area contributed by atoms with Gasteiger partial charge in [0.1, 0.15) is 5.82 Å². The number of hydrogen-bond donors (Lipinski definition) is 2. The minimum absolute atomic E-state index is 0.0764. The van der Waals surface area contributed by atoms with Gasteiger partial charge in [-0.3, -0.25) is 4.79 Å². The monoisotopic (exact) mass is 307 g/mol. The maximum Gasteiger partial charge on any atom is 0.337 e. The van der Waals surface area contributed by atoms with Gasteiger partial charge in [0.2, 0.25) is 0 Å². The summed E-state index contributed by atoms with van der Waals surface area (Å²) in [6.45, 7) is 1.59. The van der Waals surface area contributed by atoms with Gasteiger partial charge in [0.05, 0.1) is 11.3 Å². The Labute approximate surface area is 125 Å². The van der Waals surface area contributed by atoms with E-state index in [1.54, 1.807) is 6.92 Å². The number of benzene rings is 2. The number of halogens is 2. The number of amides is 1. The molecule has 2 aromatic carbocycles. The molecule has 108 valence electrons. The molecule has 0 aliphatic heterocycles. The molecule has 0 unspecified atom stereocenters. The van der Waals surface area contributed by atoms with Gasteiger partial charge >= 0.3 is 5.97 Å². The Bertz CT molecular complexity index is 731. The topological polar surface area (TPSA) is 66.4 Å². The molecule has 0 bridgehead atoms. The highest BCUT2D eigenvalue weighted by Gasteiger charge is 2.15. The van der Waals surface area contributed by atoms with Gasteiger partial charge in [-0.25, -0.2) is 9.18 Å². The molecule has 1 amide bonds.